The second-order valence-electron chi connectivity index (χ2n) is 11.7. The van der Waals surface area contributed by atoms with Gasteiger partial charge in [-0.3, -0.25) is 4.79 Å². The predicted octanol–water partition coefficient (Wildman–Crippen LogP) is 5.50. The molecule has 1 amide bonds. The molecule has 3 heterocycles. The Bertz CT molecular complexity index is 1610. The summed E-state index contributed by atoms with van der Waals surface area (Å²) in [6, 6.07) is 17.0. The van der Waals surface area contributed by atoms with Crippen molar-refractivity contribution in [3.05, 3.63) is 94.7 Å². The minimum atomic E-state index is -1.27. The summed E-state index contributed by atoms with van der Waals surface area (Å²) in [6.07, 6.45) is 6.04. The number of carbonyl (C=O) groups is 2. The summed E-state index contributed by atoms with van der Waals surface area (Å²) in [6.45, 7) is 6.15. The van der Waals surface area contributed by atoms with Gasteiger partial charge in [0.15, 0.2) is 5.65 Å². The molecule has 1 saturated carbocycles. The van der Waals surface area contributed by atoms with Crippen LogP contribution in [0, 0.1) is 12.7 Å². The number of nitrogens with one attached hydrogen (secondary N) is 1. The predicted molar refractivity (Wildman–Crippen MR) is 154 cm³/mol. The van der Waals surface area contributed by atoms with Gasteiger partial charge in [0.2, 0.25) is 5.82 Å². The highest BCUT2D eigenvalue weighted by atomic mass is 19.1. The molecular weight excluding hydrogens is 521 g/mol. The second-order valence-corrected chi connectivity index (χ2v) is 11.7. The van der Waals surface area contributed by atoms with E-state index in [4.69, 9.17) is 0 Å². The monoisotopic (exact) mass is 555 g/mol. The van der Waals surface area contributed by atoms with Crippen molar-refractivity contribution in [1.82, 2.24) is 19.9 Å². The van der Waals surface area contributed by atoms with Gasteiger partial charge in [-0.05, 0) is 79.8 Å². The van der Waals surface area contributed by atoms with Crippen molar-refractivity contribution < 1.29 is 19.1 Å². The number of halogens is 1. The number of anilines is 1. The van der Waals surface area contributed by atoms with E-state index in [2.05, 4.69) is 57.6 Å². The van der Waals surface area contributed by atoms with Crippen LogP contribution in [0.15, 0.2) is 60.8 Å². The lowest BCUT2D eigenvalue weighted by atomic mass is 9.81. The third kappa shape index (κ3) is 5.28. The van der Waals surface area contributed by atoms with Gasteiger partial charge in [0.25, 0.3) is 5.91 Å². The largest absolute Gasteiger partial charge is 0.478 e. The summed E-state index contributed by atoms with van der Waals surface area (Å²) in [5.74, 6) is -2.02. The highest BCUT2D eigenvalue weighted by Crippen LogP contribution is 2.37. The Hall–Kier alpha value is -4.27. The van der Waals surface area contributed by atoms with Crippen LogP contribution in [0.3, 0.4) is 0 Å². The first-order valence-electron chi connectivity index (χ1n) is 14.2. The molecule has 0 unspecified atom stereocenters. The fourth-order valence-corrected chi connectivity index (χ4v) is 6.44. The quantitative estimate of drug-likeness (QED) is 0.326. The van der Waals surface area contributed by atoms with E-state index in [1.54, 1.807) is 10.6 Å². The Kier molecular flexibility index (Phi) is 6.97. The Morgan fingerprint density at radius 3 is 2.56 bits per heavy atom. The fraction of sp³-hybridized carbons (Fsp3) is 0.375. The molecule has 212 valence electrons. The van der Waals surface area contributed by atoms with E-state index in [1.807, 2.05) is 19.2 Å². The Labute approximate surface area is 238 Å². The molecule has 1 aliphatic heterocycles. The molecule has 1 aliphatic carbocycles. The summed E-state index contributed by atoms with van der Waals surface area (Å²) in [5.41, 5.74) is 4.63. The Morgan fingerprint density at radius 2 is 1.83 bits per heavy atom. The number of amides is 1. The molecule has 1 atom stereocenters. The number of hydrogen-bond donors (Lipinski definition) is 2. The van der Waals surface area contributed by atoms with E-state index in [9.17, 15) is 19.1 Å². The lowest BCUT2D eigenvalue weighted by Crippen LogP contribution is -2.37. The van der Waals surface area contributed by atoms with Gasteiger partial charge >= 0.3 is 5.97 Å². The summed E-state index contributed by atoms with van der Waals surface area (Å²) in [4.78, 5) is 31.4. The van der Waals surface area contributed by atoms with Crippen LogP contribution in [-0.4, -0.2) is 50.7 Å². The van der Waals surface area contributed by atoms with E-state index in [1.165, 1.54) is 17.7 Å². The van der Waals surface area contributed by atoms with Crippen LogP contribution >= 0.6 is 0 Å². The smallest absolute Gasteiger partial charge is 0.338 e. The minimum Gasteiger partial charge on any atom is -0.478 e. The second kappa shape index (κ2) is 10.6. The number of aromatic nitrogens is 3. The molecule has 2 fully saturated rings. The highest BCUT2D eigenvalue weighted by Gasteiger charge is 2.35. The number of rotatable bonds is 6. The number of aromatic carboxylic acids is 1. The molecule has 0 bridgehead atoms. The first-order valence-corrected chi connectivity index (χ1v) is 14.2. The van der Waals surface area contributed by atoms with Gasteiger partial charge < -0.3 is 15.3 Å². The van der Waals surface area contributed by atoms with Crippen LogP contribution in [0.1, 0.15) is 82.6 Å². The van der Waals surface area contributed by atoms with Gasteiger partial charge in [0.1, 0.15) is 5.82 Å². The van der Waals surface area contributed by atoms with Gasteiger partial charge in [-0.15, -0.1) is 5.10 Å². The van der Waals surface area contributed by atoms with Gasteiger partial charge in [0, 0.05) is 24.5 Å². The van der Waals surface area contributed by atoms with Crippen LogP contribution in [0.2, 0.25) is 0 Å². The van der Waals surface area contributed by atoms with Crippen molar-refractivity contribution in [2.45, 2.75) is 63.3 Å². The zero-order chi connectivity index (χ0) is 28.7. The summed E-state index contributed by atoms with van der Waals surface area (Å²) in [5, 5.41) is 16.9. The molecule has 41 heavy (non-hydrogen) atoms. The van der Waals surface area contributed by atoms with Crippen LogP contribution in [0.5, 0.6) is 0 Å². The topological polar surface area (TPSA) is 99.8 Å². The average molecular weight is 556 g/mol. The lowest BCUT2D eigenvalue weighted by Gasteiger charge is -2.29. The SMILES string of the molecule is Cc1cc(N2CC[C@](C)(c3ccccc3)C2)cn2nc(C(=O)NC3CCC(c4ccc(F)c(C(=O)O)c4)CC3)nc12. The van der Waals surface area contributed by atoms with Gasteiger partial charge in [0.05, 0.1) is 17.4 Å². The lowest BCUT2D eigenvalue weighted by molar-refractivity contribution is 0.0691. The van der Waals surface area contributed by atoms with Crippen LogP contribution in [0.4, 0.5) is 10.1 Å². The molecule has 8 nitrogen and oxygen atoms in total. The highest BCUT2D eigenvalue weighted by molar-refractivity contribution is 5.91. The Balaban J connectivity index is 1.11. The molecule has 0 radical (unpaired) electrons. The van der Waals surface area contributed by atoms with Crippen molar-refractivity contribution in [1.29, 1.82) is 0 Å². The fourth-order valence-electron chi connectivity index (χ4n) is 6.44. The molecule has 1 saturated heterocycles. The number of aryl methyl sites for hydroxylation is 1. The van der Waals surface area contributed by atoms with Crippen LogP contribution in [0.25, 0.3) is 5.65 Å². The summed E-state index contributed by atoms with van der Waals surface area (Å²) in [7, 11) is 0. The molecule has 0 spiro atoms. The Morgan fingerprint density at radius 1 is 1.07 bits per heavy atom. The van der Waals surface area contributed by atoms with Crippen LogP contribution < -0.4 is 10.2 Å². The number of carboxylic acid groups (broad SMARTS) is 1. The first kappa shape index (κ1) is 26.9. The molecule has 2 aliphatic rings. The molecule has 9 heteroatoms. The van der Waals surface area contributed by atoms with Crippen LogP contribution in [-0.2, 0) is 5.41 Å². The van der Waals surface area contributed by atoms with Gasteiger partial charge in [-0.1, -0.05) is 43.3 Å². The summed E-state index contributed by atoms with van der Waals surface area (Å²) < 4.78 is 15.5. The maximum atomic E-state index is 13.8. The van der Waals surface area contributed by atoms with Crippen molar-refractivity contribution in [2.24, 2.45) is 0 Å². The first-order chi connectivity index (χ1) is 19.7. The number of benzene rings is 2. The van der Waals surface area contributed by atoms with Gasteiger partial charge in [-0.2, -0.15) is 0 Å². The molecule has 2 N–H and O–H groups in total. The molecule has 2 aromatic heterocycles. The zero-order valence-electron chi connectivity index (χ0n) is 23.3. The number of carboxylic acids is 1. The average Bonchev–Trinajstić information content (AvgIpc) is 3.59. The zero-order valence-corrected chi connectivity index (χ0v) is 23.3. The maximum absolute atomic E-state index is 13.8. The van der Waals surface area contributed by atoms with Crippen molar-refractivity contribution >= 4 is 23.2 Å². The van der Waals surface area contributed by atoms with Crippen molar-refractivity contribution in [3.63, 3.8) is 0 Å². The van der Waals surface area contributed by atoms with Gasteiger partial charge in [-0.25, -0.2) is 18.7 Å². The van der Waals surface area contributed by atoms with E-state index in [-0.39, 0.29) is 34.7 Å². The molecule has 2 aromatic carbocycles. The van der Waals surface area contributed by atoms with E-state index < -0.39 is 11.8 Å². The molecule has 4 aromatic rings. The van der Waals surface area contributed by atoms with E-state index >= 15 is 0 Å². The maximum Gasteiger partial charge on any atom is 0.338 e. The number of nitrogens with zero attached hydrogens (tertiary/aromatic N) is 4. The number of carbonyl (C=O) groups excluding carboxylic acids is 1. The third-order valence-electron chi connectivity index (χ3n) is 8.87. The minimum absolute atomic E-state index is 0.0262. The number of pyridine rings is 1. The number of hydrogen-bond acceptors (Lipinski definition) is 5. The number of fused-ring (bicyclic) bond motifs is 1. The summed E-state index contributed by atoms with van der Waals surface area (Å²) >= 11 is 0. The van der Waals surface area contributed by atoms with Crippen molar-refractivity contribution in [2.75, 3.05) is 18.0 Å². The normalized spacial score (nSPS) is 22.7. The molecule has 6 rings (SSSR count). The standard InChI is InChI=1S/C32H34FN5O3/c1-20-16-25(37-15-14-32(2,19-37)23-6-4-3-5-7-23)18-38-29(20)35-28(36-38)30(39)34-24-11-8-21(9-12-24)22-10-13-27(33)26(17-22)31(40)41/h3-7,10,13,16-18,21,24H,8-9,11-12,14-15,19H2,1-2H3,(H,34,39)(H,40,41)/t21?,24?,32-/m0/s1. The molecular formula is C32H34FN5O3. The van der Waals surface area contributed by atoms with Crippen molar-refractivity contribution in [3.8, 4) is 0 Å². The van der Waals surface area contributed by atoms with E-state index in [0.29, 0.717) is 5.65 Å². The van der Waals surface area contributed by atoms with E-state index in [0.717, 1.165) is 62.0 Å². The third-order valence-corrected chi connectivity index (χ3v) is 8.87.